The number of amides is 2. The second-order valence-corrected chi connectivity index (χ2v) is 12.2. The second-order valence-electron chi connectivity index (χ2n) is 12.2. The largest absolute Gasteiger partial charge is 0.486 e. The fourth-order valence-electron chi connectivity index (χ4n) is 5.95. The van der Waals surface area contributed by atoms with Crippen LogP contribution >= 0.6 is 0 Å². The van der Waals surface area contributed by atoms with E-state index in [0.29, 0.717) is 18.7 Å². The summed E-state index contributed by atoms with van der Waals surface area (Å²) < 4.78 is 14.3. The molecule has 0 aliphatic carbocycles. The lowest BCUT2D eigenvalue weighted by Gasteiger charge is -2.34. The molecule has 0 spiro atoms. The van der Waals surface area contributed by atoms with Gasteiger partial charge in [0, 0.05) is 31.1 Å². The highest BCUT2D eigenvalue weighted by molar-refractivity contribution is 5.97. The topological polar surface area (TPSA) is 85.7 Å². The van der Waals surface area contributed by atoms with E-state index < -0.39 is 22.8 Å². The summed E-state index contributed by atoms with van der Waals surface area (Å²) in [4.78, 5) is 28.5. The van der Waals surface area contributed by atoms with Crippen molar-refractivity contribution >= 4 is 22.9 Å². The number of carbonyl (C=O) groups excluding carboxylic acids is 2. The molecule has 202 valence electrons. The maximum Gasteiger partial charge on any atom is 0.411 e. The maximum atomic E-state index is 13.6. The van der Waals surface area contributed by atoms with Crippen molar-refractivity contribution in [3.63, 3.8) is 0 Å². The average molecular weight is 519 g/mol. The number of nitrogens with zero attached hydrogens (tertiary/aromatic N) is 3. The first kappa shape index (κ1) is 26.1. The van der Waals surface area contributed by atoms with Crippen molar-refractivity contribution in [3.05, 3.63) is 47.7 Å². The molecule has 4 bridgehead atoms. The third-order valence-electron chi connectivity index (χ3n) is 7.49. The molecule has 0 unspecified atom stereocenters. The van der Waals surface area contributed by atoms with Gasteiger partial charge in [-0.2, -0.15) is 5.10 Å². The Bertz CT molecular complexity index is 1420. The minimum absolute atomic E-state index is 0.203. The molecule has 3 aromatic rings. The summed E-state index contributed by atoms with van der Waals surface area (Å²) in [6.07, 6.45) is 1.32. The molecule has 2 amide bonds. The molecule has 8 nitrogen and oxygen atoms in total. The quantitative estimate of drug-likeness (QED) is 0.445. The average Bonchev–Trinajstić information content (AvgIpc) is 3.27. The Balaban J connectivity index is 1.61. The number of rotatable bonds is 0. The first-order valence-corrected chi connectivity index (χ1v) is 13.3. The molecule has 2 atom stereocenters. The first-order valence-electron chi connectivity index (χ1n) is 13.3. The van der Waals surface area contributed by atoms with E-state index in [9.17, 15) is 9.59 Å². The van der Waals surface area contributed by atoms with Crippen LogP contribution in [-0.2, 0) is 23.0 Å². The van der Waals surface area contributed by atoms with Gasteiger partial charge in [-0.1, -0.05) is 18.2 Å². The third kappa shape index (κ3) is 4.72. The summed E-state index contributed by atoms with van der Waals surface area (Å²) in [6, 6.07) is 12.4. The Hall–Kier alpha value is -3.55. The predicted molar refractivity (Wildman–Crippen MR) is 147 cm³/mol. The second kappa shape index (κ2) is 9.03. The van der Waals surface area contributed by atoms with Gasteiger partial charge in [-0.15, -0.1) is 0 Å². The minimum atomic E-state index is -1.12. The van der Waals surface area contributed by atoms with Gasteiger partial charge in [-0.3, -0.25) is 14.4 Å². The summed E-state index contributed by atoms with van der Waals surface area (Å²) in [7, 11) is 1.97. The van der Waals surface area contributed by atoms with E-state index in [1.165, 1.54) is 4.90 Å². The molecule has 1 saturated heterocycles. The number of carbonyl (C=O) groups is 2. The Morgan fingerprint density at radius 3 is 2.68 bits per heavy atom. The Labute approximate surface area is 224 Å². The van der Waals surface area contributed by atoms with Gasteiger partial charge in [0.1, 0.15) is 22.5 Å². The molecule has 1 fully saturated rings. The number of aromatic nitrogens is 2. The zero-order chi connectivity index (χ0) is 27.5. The Morgan fingerprint density at radius 2 is 1.95 bits per heavy atom. The van der Waals surface area contributed by atoms with E-state index in [-0.39, 0.29) is 12.5 Å². The number of benzene rings is 2. The Morgan fingerprint density at radius 1 is 1.18 bits per heavy atom. The number of hydrogen-bond donors (Lipinski definition) is 1. The van der Waals surface area contributed by atoms with Crippen LogP contribution in [0.15, 0.2) is 36.4 Å². The van der Waals surface area contributed by atoms with Crippen molar-refractivity contribution in [2.45, 2.75) is 77.5 Å². The van der Waals surface area contributed by atoms with E-state index in [1.807, 2.05) is 57.6 Å². The molecular weight excluding hydrogens is 480 g/mol. The number of aryl methyl sites for hydroxylation is 3. The van der Waals surface area contributed by atoms with E-state index in [1.54, 1.807) is 6.92 Å². The lowest BCUT2D eigenvalue weighted by molar-refractivity contribution is -0.131. The van der Waals surface area contributed by atoms with E-state index >= 15 is 0 Å². The molecule has 8 heteroatoms. The summed E-state index contributed by atoms with van der Waals surface area (Å²) in [5, 5.41) is 9.03. The lowest BCUT2D eigenvalue weighted by Crippen LogP contribution is -2.56. The van der Waals surface area contributed by atoms with Crippen LogP contribution in [0.3, 0.4) is 0 Å². The molecule has 5 rings (SSSR count). The molecular formula is C30H38N4O4. The van der Waals surface area contributed by atoms with Crippen LogP contribution in [0.5, 0.6) is 5.75 Å². The number of fused-ring (bicyclic) bond motifs is 5. The zero-order valence-electron chi connectivity index (χ0n) is 23.5. The summed E-state index contributed by atoms with van der Waals surface area (Å²) >= 11 is 0. The van der Waals surface area contributed by atoms with Crippen molar-refractivity contribution in [2.75, 3.05) is 13.1 Å². The van der Waals surface area contributed by atoms with Gasteiger partial charge >= 0.3 is 6.09 Å². The fourth-order valence-corrected chi connectivity index (χ4v) is 5.95. The SMILES string of the molecule is Cc1cc2c3c(n(C)nc3c1)CCCNC(=O)[C@]1(C)C[C@@](C)(CN1C(=O)OC(C)(C)C)Oc1cccc-2c1. The van der Waals surface area contributed by atoms with Crippen LogP contribution in [0.1, 0.15) is 58.7 Å². The van der Waals surface area contributed by atoms with Crippen LogP contribution in [0.2, 0.25) is 0 Å². The van der Waals surface area contributed by atoms with Gasteiger partial charge in [0.15, 0.2) is 0 Å². The predicted octanol–water partition coefficient (Wildman–Crippen LogP) is 5.15. The van der Waals surface area contributed by atoms with E-state index in [4.69, 9.17) is 14.6 Å². The first-order chi connectivity index (χ1) is 17.8. The van der Waals surface area contributed by atoms with Crippen LogP contribution in [0, 0.1) is 6.92 Å². The van der Waals surface area contributed by atoms with E-state index in [0.717, 1.165) is 46.1 Å². The van der Waals surface area contributed by atoms with Crippen molar-refractivity contribution < 1.29 is 19.1 Å². The molecule has 1 aromatic heterocycles. The van der Waals surface area contributed by atoms with Gasteiger partial charge < -0.3 is 14.8 Å². The highest BCUT2D eigenvalue weighted by Gasteiger charge is 2.57. The van der Waals surface area contributed by atoms with Crippen molar-refractivity contribution in [1.82, 2.24) is 20.0 Å². The summed E-state index contributed by atoms with van der Waals surface area (Å²) in [5.74, 6) is 0.485. The highest BCUT2D eigenvalue weighted by atomic mass is 16.6. The summed E-state index contributed by atoms with van der Waals surface area (Å²) in [5.41, 5.74) is 2.80. The summed E-state index contributed by atoms with van der Waals surface area (Å²) in [6.45, 7) is 12.0. The van der Waals surface area contributed by atoms with Crippen molar-refractivity contribution in [3.8, 4) is 16.9 Å². The van der Waals surface area contributed by atoms with E-state index in [2.05, 4.69) is 30.4 Å². The third-order valence-corrected chi connectivity index (χ3v) is 7.49. The normalized spacial score (nSPS) is 23.9. The van der Waals surface area contributed by atoms with Gasteiger partial charge in [0.05, 0.1) is 12.1 Å². The standard InChI is InChI=1S/C30H38N4O4/c1-19-14-22-20-10-8-11-21(16-20)37-29(5)17-30(6,34(18-29)27(36)38-28(2,3)4)26(35)31-13-9-12-24-25(22)23(15-19)32-33(24)7/h8,10-11,14-16H,9,12-13,17-18H2,1-7H3,(H,31,35)/t29-,30-/m0/s1. The van der Waals surface area contributed by atoms with Crippen LogP contribution in [0.4, 0.5) is 4.79 Å². The number of likely N-dealkylation sites (tertiary alicyclic amines) is 1. The van der Waals surface area contributed by atoms with Crippen molar-refractivity contribution in [1.29, 1.82) is 0 Å². The molecule has 2 aliphatic heterocycles. The van der Waals surface area contributed by atoms with Crippen molar-refractivity contribution in [2.24, 2.45) is 7.05 Å². The van der Waals surface area contributed by atoms with Gasteiger partial charge in [-0.25, -0.2) is 4.79 Å². The van der Waals surface area contributed by atoms with Gasteiger partial charge in [0.25, 0.3) is 0 Å². The lowest BCUT2D eigenvalue weighted by atomic mass is 9.91. The molecule has 2 aliphatic rings. The Kier molecular flexibility index (Phi) is 6.20. The smallest absolute Gasteiger partial charge is 0.411 e. The zero-order valence-corrected chi connectivity index (χ0v) is 23.5. The highest BCUT2D eigenvalue weighted by Crippen LogP contribution is 2.41. The fraction of sp³-hybridized carbons (Fsp3) is 0.500. The number of hydrogen-bond acceptors (Lipinski definition) is 5. The van der Waals surface area contributed by atoms with Gasteiger partial charge in [-0.05, 0) is 89.3 Å². The van der Waals surface area contributed by atoms with Crippen LogP contribution < -0.4 is 10.1 Å². The molecule has 3 heterocycles. The molecule has 0 radical (unpaired) electrons. The number of nitrogens with one attached hydrogen (secondary N) is 1. The monoisotopic (exact) mass is 518 g/mol. The van der Waals surface area contributed by atoms with Gasteiger partial charge in [0.2, 0.25) is 5.91 Å². The molecule has 1 N–H and O–H groups in total. The maximum absolute atomic E-state index is 13.6. The minimum Gasteiger partial charge on any atom is -0.486 e. The molecule has 2 aromatic carbocycles. The van der Waals surface area contributed by atoms with Crippen LogP contribution in [0.25, 0.3) is 22.0 Å². The molecule has 38 heavy (non-hydrogen) atoms. The van der Waals surface area contributed by atoms with Crippen LogP contribution in [-0.4, -0.2) is 56.5 Å². The number of ether oxygens (including phenoxy) is 2. The molecule has 0 saturated carbocycles.